The minimum Gasteiger partial charge on any atom is -0.353 e. The highest BCUT2D eigenvalue weighted by Crippen LogP contribution is 2.30. The number of likely N-dealkylation sites (tertiary alicyclic amines) is 1. The molecule has 31 heavy (non-hydrogen) atoms. The molecule has 1 saturated heterocycles. The first kappa shape index (κ1) is 22.4. The maximum Gasteiger partial charge on any atom is 0.223 e. The molecule has 1 aromatic rings. The van der Waals surface area contributed by atoms with Gasteiger partial charge in [-0.05, 0) is 95.5 Å². The molecule has 0 aromatic heterocycles. The molecule has 1 aliphatic heterocycles. The Bertz CT molecular complexity index is 780. The number of rotatable bonds is 7. The third kappa shape index (κ3) is 5.71. The van der Waals surface area contributed by atoms with Crippen LogP contribution in [0.1, 0.15) is 74.6 Å². The van der Waals surface area contributed by atoms with Gasteiger partial charge in [-0.3, -0.25) is 9.59 Å². The molecule has 4 rings (SSSR count). The molecule has 2 saturated carbocycles. The van der Waals surface area contributed by atoms with Gasteiger partial charge in [-0.15, -0.1) is 0 Å². The lowest BCUT2D eigenvalue weighted by Crippen LogP contribution is -2.43. The Morgan fingerprint density at radius 2 is 1.65 bits per heavy atom. The maximum atomic E-state index is 13.9. The second-order valence-electron chi connectivity index (χ2n) is 9.75. The lowest BCUT2D eigenvalue weighted by Gasteiger charge is -2.34. The Hall–Kier alpha value is -1.82. The first-order valence-corrected chi connectivity index (χ1v) is 12.0. The first-order chi connectivity index (χ1) is 15.0. The van der Waals surface area contributed by atoms with E-state index in [4.69, 9.17) is 0 Å². The quantitative estimate of drug-likeness (QED) is 0.634. The van der Waals surface area contributed by atoms with Crippen molar-refractivity contribution in [1.82, 2.24) is 10.2 Å². The number of ketones is 1. The average Bonchev–Trinajstić information content (AvgIpc) is 2.72. The molecule has 0 unspecified atom stereocenters. The number of carbonyl (C=O) groups is 2. The van der Waals surface area contributed by atoms with E-state index in [1.165, 1.54) is 25.3 Å². The van der Waals surface area contributed by atoms with Crippen LogP contribution in [0.15, 0.2) is 18.2 Å². The van der Waals surface area contributed by atoms with Crippen molar-refractivity contribution in [2.75, 3.05) is 19.6 Å². The number of benzene rings is 1. The summed E-state index contributed by atoms with van der Waals surface area (Å²) < 4.78 is 27.0. The summed E-state index contributed by atoms with van der Waals surface area (Å²) in [4.78, 5) is 27.1. The Morgan fingerprint density at radius 1 is 0.935 bits per heavy atom. The van der Waals surface area contributed by atoms with Crippen molar-refractivity contribution in [3.63, 3.8) is 0 Å². The van der Waals surface area contributed by atoms with Crippen LogP contribution in [0.2, 0.25) is 0 Å². The van der Waals surface area contributed by atoms with Gasteiger partial charge in [0.15, 0.2) is 5.78 Å². The second kappa shape index (κ2) is 10.2. The fourth-order valence-corrected chi connectivity index (χ4v) is 5.28. The predicted octanol–water partition coefficient (Wildman–Crippen LogP) is 4.72. The molecule has 2 aliphatic carbocycles. The molecule has 170 valence electrons. The van der Waals surface area contributed by atoms with E-state index in [0.29, 0.717) is 12.0 Å². The highest BCUT2D eigenvalue weighted by atomic mass is 19.1. The molecule has 1 amide bonds. The van der Waals surface area contributed by atoms with Gasteiger partial charge in [0, 0.05) is 23.9 Å². The number of nitrogens with zero attached hydrogens (tertiary/aromatic N) is 1. The van der Waals surface area contributed by atoms with E-state index >= 15 is 0 Å². The number of hydrogen-bond acceptors (Lipinski definition) is 3. The fourth-order valence-electron chi connectivity index (χ4n) is 5.28. The zero-order chi connectivity index (χ0) is 21.8. The van der Waals surface area contributed by atoms with Crippen LogP contribution in [0.5, 0.6) is 0 Å². The van der Waals surface area contributed by atoms with Crippen molar-refractivity contribution < 1.29 is 18.4 Å². The van der Waals surface area contributed by atoms with Crippen LogP contribution in [-0.4, -0.2) is 42.3 Å². The monoisotopic (exact) mass is 432 g/mol. The molecule has 0 spiro atoms. The van der Waals surface area contributed by atoms with Gasteiger partial charge >= 0.3 is 0 Å². The number of amides is 1. The molecule has 0 bridgehead atoms. The summed E-state index contributed by atoms with van der Waals surface area (Å²) in [6.07, 6.45) is 10.5. The van der Waals surface area contributed by atoms with Gasteiger partial charge in [-0.1, -0.05) is 6.42 Å². The summed E-state index contributed by atoms with van der Waals surface area (Å²) in [6, 6.07) is 3.57. The first-order valence-electron chi connectivity index (χ1n) is 12.0. The van der Waals surface area contributed by atoms with E-state index in [1.54, 1.807) is 0 Å². The van der Waals surface area contributed by atoms with Crippen LogP contribution < -0.4 is 5.32 Å². The lowest BCUT2D eigenvalue weighted by atomic mass is 9.82. The number of carbonyl (C=O) groups excluding carboxylic acids is 2. The summed E-state index contributed by atoms with van der Waals surface area (Å²) in [5.74, 6) is -0.528. The van der Waals surface area contributed by atoms with E-state index in [9.17, 15) is 18.4 Å². The summed E-state index contributed by atoms with van der Waals surface area (Å²) in [5, 5.41) is 3.25. The van der Waals surface area contributed by atoms with Crippen LogP contribution in [-0.2, 0) is 4.79 Å². The van der Waals surface area contributed by atoms with Crippen LogP contribution in [0.3, 0.4) is 0 Å². The number of Topliss-reactive ketones (excluding diaryl/α,β-unsaturated/α-hetero) is 1. The van der Waals surface area contributed by atoms with Gasteiger partial charge in [-0.2, -0.15) is 0 Å². The van der Waals surface area contributed by atoms with Crippen molar-refractivity contribution in [2.45, 2.75) is 70.3 Å². The Labute approximate surface area is 183 Å². The molecule has 1 N–H and O–H groups in total. The molecule has 4 nitrogen and oxygen atoms in total. The Morgan fingerprint density at radius 3 is 2.26 bits per heavy atom. The van der Waals surface area contributed by atoms with Crippen molar-refractivity contribution in [3.05, 3.63) is 35.4 Å². The van der Waals surface area contributed by atoms with E-state index in [-0.39, 0.29) is 29.1 Å². The maximum absolute atomic E-state index is 13.9. The third-order valence-corrected chi connectivity index (χ3v) is 7.68. The van der Waals surface area contributed by atoms with E-state index < -0.39 is 11.6 Å². The van der Waals surface area contributed by atoms with Crippen molar-refractivity contribution in [3.8, 4) is 0 Å². The molecule has 1 heterocycles. The topological polar surface area (TPSA) is 49.4 Å². The van der Waals surface area contributed by atoms with E-state index in [1.807, 2.05) is 0 Å². The largest absolute Gasteiger partial charge is 0.353 e. The molecule has 3 aliphatic rings. The number of hydrogen-bond donors (Lipinski definition) is 1. The van der Waals surface area contributed by atoms with Crippen molar-refractivity contribution in [2.24, 2.45) is 17.8 Å². The molecule has 6 heteroatoms. The van der Waals surface area contributed by atoms with Crippen LogP contribution in [0, 0.1) is 29.4 Å². The van der Waals surface area contributed by atoms with Crippen molar-refractivity contribution >= 4 is 11.7 Å². The molecule has 0 radical (unpaired) electrons. The number of piperidine rings is 1. The van der Waals surface area contributed by atoms with Gasteiger partial charge in [0.05, 0.1) is 5.56 Å². The Kier molecular flexibility index (Phi) is 7.36. The van der Waals surface area contributed by atoms with Gasteiger partial charge in [0.25, 0.3) is 0 Å². The molecular formula is C25H34F2N2O2. The number of nitrogens with one attached hydrogen (secondary N) is 1. The standard InChI is InChI=1S/C25H34F2N2O2/c26-20-6-9-22(23(27)16-20)24(30)18-11-14-29(15-12-18)13-10-17-4-7-21(8-5-17)28-25(31)19-2-1-3-19/h6,9,16-19,21H,1-5,7-8,10-15H2,(H,28,31). The van der Waals surface area contributed by atoms with Crippen molar-refractivity contribution in [1.29, 1.82) is 0 Å². The highest BCUT2D eigenvalue weighted by Gasteiger charge is 2.30. The minimum atomic E-state index is -0.757. The molecule has 0 atom stereocenters. The van der Waals surface area contributed by atoms with E-state index in [2.05, 4.69) is 10.2 Å². The second-order valence-corrected chi connectivity index (χ2v) is 9.75. The van der Waals surface area contributed by atoms with Crippen LogP contribution in [0.25, 0.3) is 0 Å². The zero-order valence-electron chi connectivity index (χ0n) is 18.3. The molecule has 1 aromatic carbocycles. The van der Waals surface area contributed by atoms with Gasteiger partial charge in [-0.25, -0.2) is 8.78 Å². The number of halogens is 2. The van der Waals surface area contributed by atoms with E-state index in [0.717, 1.165) is 76.7 Å². The zero-order valence-corrected chi connectivity index (χ0v) is 18.3. The summed E-state index contributed by atoms with van der Waals surface area (Å²) >= 11 is 0. The predicted molar refractivity (Wildman–Crippen MR) is 116 cm³/mol. The normalized spacial score (nSPS) is 25.7. The van der Waals surface area contributed by atoms with Crippen LogP contribution >= 0.6 is 0 Å². The molecular weight excluding hydrogens is 398 g/mol. The van der Waals surface area contributed by atoms with Crippen LogP contribution in [0.4, 0.5) is 8.78 Å². The lowest BCUT2D eigenvalue weighted by molar-refractivity contribution is -0.128. The average molecular weight is 433 g/mol. The summed E-state index contributed by atoms with van der Waals surface area (Å²) in [5.41, 5.74) is 0.0148. The summed E-state index contributed by atoms with van der Waals surface area (Å²) in [7, 11) is 0. The SMILES string of the molecule is O=C(NC1CCC(CCN2CCC(C(=O)c3ccc(F)cc3F)CC2)CC1)C1CCC1. The highest BCUT2D eigenvalue weighted by molar-refractivity contribution is 5.98. The third-order valence-electron chi connectivity index (χ3n) is 7.68. The molecule has 3 fully saturated rings. The Balaban J connectivity index is 1.14. The smallest absolute Gasteiger partial charge is 0.223 e. The van der Waals surface area contributed by atoms with Gasteiger partial charge in [0.2, 0.25) is 5.91 Å². The fraction of sp³-hybridized carbons (Fsp3) is 0.680. The minimum absolute atomic E-state index is 0.0148. The van der Waals surface area contributed by atoms with Gasteiger partial charge in [0.1, 0.15) is 11.6 Å². The summed E-state index contributed by atoms with van der Waals surface area (Å²) in [6.45, 7) is 2.74. The van der Waals surface area contributed by atoms with Gasteiger partial charge < -0.3 is 10.2 Å².